The van der Waals surface area contributed by atoms with Crippen LogP contribution in [-0.2, 0) is 24.4 Å². The fourth-order valence-electron chi connectivity index (χ4n) is 5.12. The highest BCUT2D eigenvalue weighted by Gasteiger charge is 2.45. The summed E-state index contributed by atoms with van der Waals surface area (Å²) in [5.74, 6) is 0.853. The number of carbonyl (C=O) groups excluding carboxylic acids is 1. The number of hydrogen-bond donors (Lipinski definition) is 0. The van der Waals surface area contributed by atoms with Crippen molar-refractivity contribution in [2.45, 2.75) is 18.4 Å². The van der Waals surface area contributed by atoms with E-state index in [1.54, 1.807) is 7.11 Å². The Morgan fingerprint density at radius 2 is 1.63 bits per heavy atom. The van der Waals surface area contributed by atoms with Gasteiger partial charge in [-0.25, -0.2) is 4.79 Å². The van der Waals surface area contributed by atoms with Crippen molar-refractivity contribution >= 4 is 11.7 Å². The third-order valence-electron chi connectivity index (χ3n) is 6.73. The van der Waals surface area contributed by atoms with E-state index in [1.165, 1.54) is 7.11 Å². The van der Waals surface area contributed by atoms with Gasteiger partial charge in [0.15, 0.2) is 0 Å². The fraction of sp³-hybridized carbons (Fsp3) is 0.233. The number of benzene rings is 3. The first-order chi connectivity index (χ1) is 17.1. The van der Waals surface area contributed by atoms with E-state index in [1.807, 2.05) is 61.5 Å². The van der Waals surface area contributed by atoms with Crippen LogP contribution in [0.5, 0.6) is 5.75 Å². The molecule has 0 N–H and O–H groups in total. The summed E-state index contributed by atoms with van der Waals surface area (Å²) < 4.78 is 23.3. The summed E-state index contributed by atoms with van der Waals surface area (Å²) in [5, 5.41) is 0. The largest absolute Gasteiger partial charge is 0.495 e. The van der Waals surface area contributed by atoms with Crippen LogP contribution in [0.25, 0.3) is 5.76 Å². The summed E-state index contributed by atoms with van der Waals surface area (Å²) in [5.41, 5.74) is 4.43. The number of fused-ring (bicyclic) bond motifs is 3. The lowest BCUT2D eigenvalue weighted by atomic mass is 9.69. The average Bonchev–Trinajstić information content (AvgIpc) is 2.92. The van der Waals surface area contributed by atoms with E-state index in [4.69, 9.17) is 18.9 Å². The maximum atomic E-state index is 13.1. The van der Waals surface area contributed by atoms with Crippen molar-refractivity contribution < 1.29 is 23.7 Å². The molecule has 0 amide bonds. The van der Waals surface area contributed by atoms with Crippen molar-refractivity contribution in [1.82, 2.24) is 0 Å². The minimum Gasteiger partial charge on any atom is -0.495 e. The molecule has 0 saturated heterocycles. The maximum absolute atomic E-state index is 13.1. The van der Waals surface area contributed by atoms with Gasteiger partial charge in [-0.3, -0.25) is 0 Å². The number of esters is 1. The lowest BCUT2D eigenvalue weighted by Crippen LogP contribution is -2.39. The minimum atomic E-state index is -0.623. The van der Waals surface area contributed by atoms with Gasteiger partial charge in [-0.05, 0) is 35.7 Å². The Bertz CT molecular complexity index is 1290. The molecule has 5 nitrogen and oxygen atoms in total. The summed E-state index contributed by atoms with van der Waals surface area (Å²) in [4.78, 5) is 13.1. The second kappa shape index (κ2) is 9.43. The second-order valence-electron chi connectivity index (χ2n) is 8.57. The minimum absolute atomic E-state index is 0.393. The number of rotatable bonds is 6. The topological polar surface area (TPSA) is 54.0 Å². The van der Waals surface area contributed by atoms with Crippen LogP contribution in [-0.4, -0.2) is 33.4 Å². The second-order valence-corrected chi connectivity index (χ2v) is 8.57. The molecule has 0 spiro atoms. The lowest BCUT2D eigenvalue weighted by Gasteiger charge is -2.42. The van der Waals surface area contributed by atoms with Crippen LogP contribution < -0.4 is 4.74 Å². The quantitative estimate of drug-likeness (QED) is 0.440. The van der Waals surface area contributed by atoms with Gasteiger partial charge in [0.2, 0.25) is 0 Å². The molecular weight excluding hydrogens is 440 g/mol. The van der Waals surface area contributed by atoms with Gasteiger partial charge in [-0.2, -0.15) is 0 Å². The van der Waals surface area contributed by atoms with Crippen LogP contribution in [0.3, 0.4) is 0 Å². The van der Waals surface area contributed by atoms with Crippen molar-refractivity contribution in [2.75, 3.05) is 27.4 Å². The predicted octanol–water partition coefficient (Wildman–Crippen LogP) is 5.61. The Morgan fingerprint density at radius 1 is 0.943 bits per heavy atom. The summed E-state index contributed by atoms with van der Waals surface area (Å²) in [6, 6.07) is 26.2. The molecular formula is C30H28O5. The van der Waals surface area contributed by atoms with Crippen molar-refractivity contribution in [3.63, 3.8) is 0 Å². The van der Waals surface area contributed by atoms with Crippen LogP contribution in [0.4, 0.5) is 0 Å². The molecule has 1 aliphatic heterocycles. The number of ether oxygens (including phenoxy) is 4. The highest BCUT2D eigenvalue weighted by atomic mass is 16.5. The van der Waals surface area contributed by atoms with Gasteiger partial charge in [-0.15, -0.1) is 0 Å². The van der Waals surface area contributed by atoms with E-state index in [0.717, 1.165) is 33.6 Å². The Balaban J connectivity index is 1.77. The Labute approximate surface area is 205 Å². The van der Waals surface area contributed by atoms with E-state index in [2.05, 4.69) is 30.3 Å². The van der Waals surface area contributed by atoms with E-state index in [0.29, 0.717) is 24.5 Å². The molecule has 0 radical (unpaired) electrons. The molecule has 1 aliphatic carbocycles. The number of hydrogen-bond acceptors (Lipinski definition) is 5. The van der Waals surface area contributed by atoms with E-state index in [9.17, 15) is 4.79 Å². The zero-order valence-electron chi connectivity index (χ0n) is 20.1. The van der Waals surface area contributed by atoms with Gasteiger partial charge in [0.05, 0.1) is 32.8 Å². The summed E-state index contributed by atoms with van der Waals surface area (Å²) in [6.45, 7) is 2.97. The Kier molecular flexibility index (Phi) is 6.18. The van der Waals surface area contributed by atoms with Crippen molar-refractivity contribution in [3.8, 4) is 5.75 Å². The monoisotopic (exact) mass is 468 g/mol. The van der Waals surface area contributed by atoms with E-state index < -0.39 is 17.5 Å². The summed E-state index contributed by atoms with van der Waals surface area (Å²) in [6.07, 6.45) is 1.76. The van der Waals surface area contributed by atoms with Crippen molar-refractivity contribution in [3.05, 3.63) is 118 Å². The Morgan fingerprint density at radius 3 is 2.31 bits per heavy atom. The molecule has 5 heteroatoms. The molecule has 3 aromatic rings. The highest BCUT2D eigenvalue weighted by Crippen LogP contribution is 2.50. The lowest BCUT2D eigenvalue weighted by molar-refractivity contribution is -0.136. The van der Waals surface area contributed by atoms with Crippen LogP contribution >= 0.6 is 0 Å². The van der Waals surface area contributed by atoms with Crippen LogP contribution in [0, 0.1) is 0 Å². The predicted molar refractivity (Wildman–Crippen MR) is 134 cm³/mol. The van der Waals surface area contributed by atoms with Crippen LogP contribution in [0.2, 0.25) is 0 Å². The third kappa shape index (κ3) is 3.82. The number of methoxy groups -OCH3 is 2. The Hall–Kier alpha value is -3.83. The molecule has 2 atom stereocenters. The van der Waals surface area contributed by atoms with E-state index in [-0.39, 0.29) is 0 Å². The van der Waals surface area contributed by atoms with Gasteiger partial charge in [0.1, 0.15) is 23.2 Å². The molecule has 3 aromatic carbocycles. The molecule has 0 bridgehead atoms. The SMILES string of the molecule is CCOc1ccc(C2(c3ccccc3)C=C3C(C(=O)OC)=C(OC)c4ccccc4C3OC2)cc1. The fourth-order valence-corrected chi connectivity index (χ4v) is 5.12. The molecule has 5 rings (SSSR count). The van der Waals surface area contributed by atoms with Crippen molar-refractivity contribution in [1.29, 1.82) is 0 Å². The maximum Gasteiger partial charge on any atom is 0.342 e. The summed E-state index contributed by atoms with van der Waals surface area (Å²) in [7, 11) is 2.97. The molecule has 0 saturated carbocycles. The van der Waals surface area contributed by atoms with Gasteiger partial charge in [0, 0.05) is 11.1 Å². The number of carbonyl (C=O) groups is 1. The first-order valence-electron chi connectivity index (χ1n) is 11.7. The molecule has 2 aliphatic rings. The molecule has 0 fully saturated rings. The van der Waals surface area contributed by atoms with Gasteiger partial charge >= 0.3 is 5.97 Å². The van der Waals surface area contributed by atoms with Gasteiger partial charge in [0.25, 0.3) is 0 Å². The zero-order valence-corrected chi connectivity index (χ0v) is 20.1. The smallest absolute Gasteiger partial charge is 0.342 e. The third-order valence-corrected chi connectivity index (χ3v) is 6.73. The van der Waals surface area contributed by atoms with E-state index >= 15 is 0 Å². The first kappa shape index (κ1) is 22.9. The highest BCUT2D eigenvalue weighted by molar-refractivity contribution is 6.03. The molecule has 35 heavy (non-hydrogen) atoms. The van der Waals surface area contributed by atoms with Crippen LogP contribution in [0.15, 0.2) is 96.1 Å². The van der Waals surface area contributed by atoms with Crippen molar-refractivity contribution in [2.24, 2.45) is 0 Å². The average molecular weight is 469 g/mol. The van der Waals surface area contributed by atoms with Gasteiger partial charge in [-0.1, -0.05) is 72.8 Å². The zero-order chi connectivity index (χ0) is 24.4. The first-order valence-corrected chi connectivity index (χ1v) is 11.7. The molecule has 178 valence electrons. The molecule has 1 heterocycles. The van der Waals surface area contributed by atoms with Gasteiger partial charge < -0.3 is 18.9 Å². The molecule has 0 aromatic heterocycles. The summed E-state index contributed by atoms with van der Waals surface area (Å²) >= 11 is 0. The standard InChI is InChI=1S/C30H28O5/c1-4-34-22-16-14-21(15-17-22)30(20-10-6-5-7-11-20)18-25-26(29(31)33-3)28(32-2)24-13-9-8-12-23(24)27(25)35-19-30/h5-18,27H,4,19H2,1-3H3. The molecule has 2 unspecified atom stereocenters. The normalized spacial score (nSPS) is 20.9. The van der Waals surface area contributed by atoms with Crippen LogP contribution in [0.1, 0.15) is 35.3 Å².